The lowest BCUT2D eigenvalue weighted by atomic mass is 9.79. The Bertz CT molecular complexity index is 549. The van der Waals surface area contributed by atoms with E-state index in [9.17, 15) is 4.79 Å². The van der Waals surface area contributed by atoms with Crippen LogP contribution in [0.4, 0.5) is 0 Å². The van der Waals surface area contributed by atoms with Crippen molar-refractivity contribution in [3.63, 3.8) is 0 Å². The van der Waals surface area contributed by atoms with Gasteiger partial charge < -0.3 is 10.2 Å². The van der Waals surface area contributed by atoms with E-state index < -0.39 is 0 Å². The fourth-order valence-electron chi connectivity index (χ4n) is 4.56. The molecule has 2 rings (SSSR count). The van der Waals surface area contributed by atoms with Crippen LogP contribution in [0, 0.1) is 0 Å². The van der Waals surface area contributed by atoms with Crippen molar-refractivity contribution >= 4 is 5.91 Å². The Hall–Kier alpha value is -1.35. The van der Waals surface area contributed by atoms with Crippen LogP contribution in [0.15, 0.2) is 30.3 Å². The van der Waals surface area contributed by atoms with Crippen LogP contribution in [-0.4, -0.2) is 34.5 Å². The number of benzene rings is 1. The van der Waals surface area contributed by atoms with Gasteiger partial charge in [-0.2, -0.15) is 0 Å². The minimum absolute atomic E-state index is 0.0706. The zero-order valence-corrected chi connectivity index (χ0v) is 17.5. The van der Waals surface area contributed by atoms with Crippen molar-refractivity contribution in [1.82, 2.24) is 10.2 Å². The van der Waals surface area contributed by atoms with Gasteiger partial charge in [-0.3, -0.25) is 4.79 Å². The fourth-order valence-corrected chi connectivity index (χ4v) is 4.56. The summed E-state index contributed by atoms with van der Waals surface area (Å²) in [6, 6.07) is 10.8. The van der Waals surface area contributed by atoms with E-state index in [-0.39, 0.29) is 11.1 Å². The standard InChI is InChI=1S/C23H38N2O/c1-6-7-16-25(20-17-22(2,3)24-23(4,5)18-20)21(26)15-11-14-19-12-9-8-10-13-19/h8-10,12-13,20,24H,6-7,11,14-18H2,1-5H3. The Morgan fingerprint density at radius 2 is 1.69 bits per heavy atom. The van der Waals surface area contributed by atoms with Gasteiger partial charge in [-0.05, 0) is 65.4 Å². The second-order valence-electron chi connectivity index (χ2n) is 9.23. The van der Waals surface area contributed by atoms with Crippen LogP contribution in [0.2, 0.25) is 0 Å². The quantitative estimate of drug-likeness (QED) is 0.713. The number of aryl methyl sites for hydroxylation is 1. The molecule has 0 bridgehead atoms. The highest BCUT2D eigenvalue weighted by Crippen LogP contribution is 2.32. The van der Waals surface area contributed by atoms with Gasteiger partial charge in [0.15, 0.2) is 0 Å². The Morgan fingerprint density at radius 1 is 1.08 bits per heavy atom. The molecule has 1 heterocycles. The second kappa shape index (κ2) is 9.03. The number of hydrogen-bond donors (Lipinski definition) is 1. The Morgan fingerprint density at radius 3 is 2.27 bits per heavy atom. The average molecular weight is 359 g/mol. The maximum atomic E-state index is 13.1. The van der Waals surface area contributed by atoms with Crippen LogP contribution in [0.1, 0.15) is 78.7 Å². The summed E-state index contributed by atoms with van der Waals surface area (Å²) < 4.78 is 0. The lowest BCUT2D eigenvalue weighted by Gasteiger charge is -2.49. The van der Waals surface area contributed by atoms with Crippen LogP contribution in [0.25, 0.3) is 0 Å². The highest BCUT2D eigenvalue weighted by atomic mass is 16.2. The summed E-state index contributed by atoms with van der Waals surface area (Å²) in [5.74, 6) is 0.341. The SMILES string of the molecule is CCCCN(C(=O)CCCc1ccccc1)C1CC(C)(C)NC(C)(C)C1. The molecule has 3 heteroatoms. The third-order valence-corrected chi connectivity index (χ3v) is 5.38. The number of unbranched alkanes of at least 4 members (excludes halogenated alkanes) is 1. The highest BCUT2D eigenvalue weighted by Gasteiger charge is 2.40. The molecule has 0 radical (unpaired) electrons. The molecule has 0 atom stereocenters. The lowest BCUT2D eigenvalue weighted by molar-refractivity contribution is -0.135. The monoisotopic (exact) mass is 358 g/mol. The molecule has 3 nitrogen and oxygen atoms in total. The summed E-state index contributed by atoms with van der Waals surface area (Å²) in [7, 11) is 0. The molecule has 1 saturated heterocycles. The number of carbonyl (C=O) groups excluding carboxylic acids is 1. The third kappa shape index (κ3) is 6.42. The second-order valence-corrected chi connectivity index (χ2v) is 9.23. The van der Waals surface area contributed by atoms with Crippen molar-refractivity contribution in [2.24, 2.45) is 0 Å². The number of amides is 1. The van der Waals surface area contributed by atoms with Crippen LogP contribution >= 0.6 is 0 Å². The molecule has 26 heavy (non-hydrogen) atoms. The molecule has 1 amide bonds. The molecule has 1 aromatic carbocycles. The molecule has 0 saturated carbocycles. The van der Waals surface area contributed by atoms with Gasteiger partial charge in [-0.25, -0.2) is 0 Å². The highest BCUT2D eigenvalue weighted by molar-refractivity contribution is 5.76. The van der Waals surface area contributed by atoms with Crippen molar-refractivity contribution in [3.8, 4) is 0 Å². The largest absolute Gasteiger partial charge is 0.340 e. The first-order valence-corrected chi connectivity index (χ1v) is 10.4. The van der Waals surface area contributed by atoms with Crippen molar-refractivity contribution in [2.45, 2.75) is 96.7 Å². The third-order valence-electron chi connectivity index (χ3n) is 5.38. The van der Waals surface area contributed by atoms with Crippen LogP contribution in [0.5, 0.6) is 0 Å². The predicted molar refractivity (Wildman–Crippen MR) is 110 cm³/mol. The molecule has 1 fully saturated rings. The average Bonchev–Trinajstić information content (AvgIpc) is 2.53. The van der Waals surface area contributed by atoms with Gasteiger partial charge in [-0.1, -0.05) is 43.7 Å². The first-order chi connectivity index (χ1) is 12.2. The molecule has 0 aromatic heterocycles. The van der Waals surface area contributed by atoms with Gasteiger partial charge in [-0.15, -0.1) is 0 Å². The van der Waals surface area contributed by atoms with E-state index in [0.29, 0.717) is 18.4 Å². The molecule has 0 unspecified atom stereocenters. The van der Waals surface area contributed by atoms with Crippen LogP contribution < -0.4 is 5.32 Å². The van der Waals surface area contributed by atoms with Gasteiger partial charge in [0.05, 0.1) is 0 Å². The fraction of sp³-hybridized carbons (Fsp3) is 0.696. The zero-order valence-electron chi connectivity index (χ0n) is 17.5. The van der Waals surface area contributed by atoms with Crippen LogP contribution in [0.3, 0.4) is 0 Å². The van der Waals surface area contributed by atoms with Gasteiger partial charge in [0.2, 0.25) is 5.91 Å². The smallest absolute Gasteiger partial charge is 0.222 e. The predicted octanol–water partition coefficient (Wildman–Crippen LogP) is 4.95. The molecule has 0 aliphatic carbocycles. The summed E-state index contributed by atoms with van der Waals surface area (Å²) in [6.07, 6.45) is 6.86. The van der Waals surface area contributed by atoms with E-state index in [0.717, 1.165) is 45.1 Å². The lowest BCUT2D eigenvalue weighted by Crippen LogP contribution is -2.62. The molecule has 0 spiro atoms. The van der Waals surface area contributed by atoms with E-state index in [1.165, 1.54) is 5.56 Å². The Labute approximate surface area is 160 Å². The number of carbonyl (C=O) groups is 1. The number of piperidine rings is 1. The number of hydrogen-bond acceptors (Lipinski definition) is 2. The van der Waals surface area contributed by atoms with E-state index >= 15 is 0 Å². The van der Waals surface area contributed by atoms with Gasteiger partial charge >= 0.3 is 0 Å². The number of nitrogens with one attached hydrogen (secondary N) is 1. The topological polar surface area (TPSA) is 32.3 Å². The van der Waals surface area contributed by atoms with Crippen LogP contribution in [-0.2, 0) is 11.2 Å². The van der Waals surface area contributed by atoms with E-state index in [4.69, 9.17) is 0 Å². The Balaban J connectivity index is 1.99. The molecule has 1 N–H and O–H groups in total. The summed E-state index contributed by atoms with van der Waals surface area (Å²) in [5.41, 5.74) is 1.46. The normalized spacial score (nSPS) is 19.3. The number of rotatable bonds is 8. The summed E-state index contributed by atoms with van der Waals surface area (Å²) >= 11 is 0. The zero-order chi connectivity index (χ0) is 19.2. The summed E-state index contributed by atoms with van der Waals surface area (Å²) in [4.78, 5) is 15.3. The van der Waals surface area contributed by atoms with E-state index in [1.54, 1.807) is 0 Å². The molecular formula is C23H38N2O. The number of nitrogens with zero attached hydrogens (tertiary/aromatic N) is 1. The molecule has 1 aliphatic rings. The summed E-state index contributed by atoms with van der Waals surface area (Å²) in [6.45, 7) is 12.2. The molecule has 146 valence electrons. The molecular weight excluding hydrogens is 320 g/mol. The van der Waals surface area contributed by atoms with Gasteiger partial charge in [0.1, 0.15) is 0 Å². The van der Waals surface area contributed by atoms with Crippen molar-refractivity contribution in [3.05, 3.63) is 35.9 Å². The first kappa shape index (κ1) is 21.0. The van der Waals surface area contributed by atoms with Gasteiger partial charge in [0.25, 0.3) is 0 Å². The molecule has 1 aromatic rings. The van der Waals surface area contributed by atoms with Crippen molar-refractivity contribution in [2.75, 3.05) is 6.54 Å². The Kier molecular flexibility index (Phi) is 7.28. The molecule has 1 aliphatic heterocycles. The maximum Gasteiger partial charge on any atom is 0.222 e. The van der Waals surface area contributed by atoms with E-state index in [2.05, 4.69) is 69.1 Å². The minimum Gasteiger partial charge on any atom is -0.340 e. The summed E-state index contributed by atoms with van der Waals surface area (Å²) in [5, 5.41) is 3.74. The van der Waals surface area contributed by atoms with E-state index in [1.807, 2.05) is 6.07 Å². The van der Waals surface area contributed by atoms with Crippen molar-refractivity contribution in [1.29, 1.82) is 0 Å². The first-order valence-electron chi connectivity index (χ1n) is 10.4. The van der Waals surface area contributed by atoms with Crippen molar-refractivity contribution < 1.29 is 4.79 Å². The maximum absolute atomic E-state index is 13.1. The van der Waals surface area contributed by atoms with Gasteiger partial charge in [0, 0.05) is 30.1 Å². The minimum atomic E-state index is 0.0706.